The van der Waals surface area contributed by atoms with Crippen LogP contribution in [0, 0.1) is 6.92 Å². The second-order valence-electron chi connectivity index (χ2n) is 8.81. The molecule has 0 aliphatic carbocycles. The normalized spacial score (nSPS) is 13.2. The Morgan fingerprint density at radius 3 is 2.36 bits per heavy atom. The SMILES string of the molecule is C=COCCO[Si](C)(C)OCCOC(C)OC(=O)CCCc1cc(C)c(OC(C)OCC)c(CC)c1. The zero-order valence-electron chi connectivity index (χ0n) is 23.2. The largest absolute Gasteiger partial charge is 0.499 e. The molecule has 8 nitrogen and oxygen atoms in total. The lowest BCUT2D eigenvalue weighted by Gasteiger charge is -2.23. The van der Waals surface area contributed by atoms with Gasteiger partial charge in [0.05, 0.1) is 26.1 Å². The molecule has 36 heavy (non-hydrogen) atoms. The molecule has 0 radical (unpaired) electrons. The quantitative estimate of drug-likeness (QED) is 0.0730. The van der Waals surface area contributed by atoms with E-state index >= 15 is 0 Å². The Morgan fingerprint density at radius 2 is 1.72 bits per heavy atom. The van der Waals surface area contributed by atoms with Crippen molar-refractivity contribution in [2.45, 2.75) is 86.0 Å². The van der Waals surface area contributed by atoms with Gasteiger partial charge in [-0.1, -0.05) is 25.6 Å². The summed E-state index contributed by atoms with van der Waals surface area (Å²) in [6, 6.07) is 4.27. The summed E-state index contributed by atoms with van der Waals surface area (Å²) in [6.45, 7) is 19.3. The Labute approximate surface area is 218 Å². The van der Waals surface area contributed by atoms with Gasteiger partial charge >= 0.3 is 14.5 Å². The van der Waals surface area contributed by atoms with E-state index < -0.39 is 14.9 Å². The molecule has 0 spiro atoms. The maximum absolute atomic E-state index is 12.2. The van der Waals surface area contributed by atoms with Gasteiger partial charge in [-0.15, -0.1) is 0 Å². The number of benzene rings is 1. The minimum Gasteiger partial charge on any atom is -0.499 e. The fraction of sp³-hybridized carbons (Fsp3) is 0.667. The van der Waals surface area contributed by atoms with Crippen molar-refractivity contribution in [2.75, 3.05) is 33.0 Å². The van der Waals surface area contributed by atoms with Gasteiger partial charge in [0.2, 0.25) is 0 Å². The molecule has 206 valence electrons. The molecule has 0 saturated carbocycles. The molecule has 9 heteroatoms. The summed E-state index contributed by atoms with van der Waals surface area (Å²) < 4.78 is 39.0. The summed E-state index contributed by atoms with van der Waals surface area (Å²) >= 11 is 0. The molecule has 0 aliphatic rings. The molecule has 0 fully saturated rings. The van der Waals surface area contributed by atoms with Crippen LogP contribution in [-0.4, -0.2) is 60.1 Å². The lowest BCUT2D eigenvalue weighted by Crippen LogP contribution is -2.37. The van der Waals surface area contributed by atoms with Crippen LogP contribution >= 0.6 is 0 Å². The Morgan fingerprint density at radius 1 is 1.03 bits per heavy atom. The van der Waals surface area contributed by atoms with Crippen LogP contribution in [0.4, 0.5) is 0 Å². The number of rotatable bonds is 20. The number of hydrogen-bond donors (Lipinski definition) is 0. The first-order chi connectivity index (χ1) is 17.1. The zero-order valence-corrected chi connectivity index (χ0v) is 24.2. The molecule has 0 aliphatic heterocycles. The van der Waals surface area contributed by atoms with E-state index in [4.69, 9.17) is 32.5 Å². The van der Waals surface area contributed by atoms with E-state index in [1.807, 2.05) is 33.9 Å². The third kappa shape index (κ3) is 13.4. The number of carbonyl (C=O) groups is 1. The van der Waals surface area contributed by atoms with Crippen molar-refractivity contribution in [3.63, 3.8) is 0 Å². The van der Waals surface area contributed by atoms with Gasteiger partial charge in [0.1, 0.15) is 12.4 Å². The smallest absolute Gasteiger partial charge is 0.331 e. The summed E-state index contributed by atoms with van der Waals surface area (Å²) in [7, 11) is -2.25. The van der Waals surface area contributed by atoms with E-state index in [0.29, 0.717) is 45.9 Å². The fourth-order valence-electron chi connectivity index (χ4n) is 3.62. The van der Waals surface area contributed by atoms with Crippen LogP contribution in [0.3, 0.4) is 0 Å². The van der Waals surface area contributed by atoms with Crippen LogP contribution in [0.15, 0.2) is 25.0 Å². The van der Waals surface area contributed by atoms with Crippen LogP contribution in [0.1, 0.15) is 57.2 Å². The van der Waals surface area contributed by atoms with Crippen LogP contribution in [0.5, 0.6) is 5.75 Å². The summed E-state index contributed by atoms with van der Waals surface area (Å²) in [5, 5.41) is 0. The first-order valence-corrected chi connectivity index (χ1v) is 15.7. The standard InChI is InChI=1S/C27H46O8Si/c1-9-25-20-24(19-21(4)27(25)35-22(5)30-11-3)13-12-14-26(28)34-23(6)31-16-18-33-36(7,8)32-17-15-29-10-2/h10,19-20,22-23H,2,9,11-18H2,1,3-8H3. The lowest BCUT2D eigenvalue weighted by atomic mass is 9.99. The molecule has 1 aromatic rings. The molecule has 0 aromatic heterocycles. The van der Waals surface area contributed by atoms with Crippen molar-refractivity contribution in [1.82, 2.24) is 0 Å². The summed E-state index contributed by atoms with van der Waals surface area (Å²) in [6.07, 6.45) is 3.12. The number of hydrogen-bond acceptors (Lipinski definition) is 8. The van der Waals surface area contributed by atoms with E-state index in [0.717, 1.165) is 29.7 Å². The van der Waals surface area contributed by atoms with Crippen molar-refractivity contribution < 1.29 is 37.3 Å². The molecule has 0 N–H and O–H groups in total. The average Bonchev–Trinajstić information content (AvgIpc) is 2.81. The zero-order chi connectivity index (χ0) is 27.0. The Hall–Kier alpha value is -1.91. The molecule has 1 rings (SSSR count). The van der Waals surface area contributed by atoms with Gasteiger partial charge < -0.3 is 32.5 Å². The molecule has 2 unspecified atom stereocenters. The highest BCUT2D eigenvalue weighted by atomic mass is 28.4. The summed E-state index contributed by atoms with van der Waals surface area (Å²) in [4.78, 5) is 12.2. The molecular weight excluding hydrogens is 480 g/mol. The minimum atomic E-state index is -2.25. The van der Waals surface area contributed by atoms with Crippen molar-refractivity contribution in [3.8, 4) is 5.75 Å². The third-order valence-electron chi connectivity index (χ3n) is 5.28. The van der Waals surface area contributed by atoms with Crippen molar-refractivity contribution in [3.05, 3.63) is 41.7 Å². The molecular formula is C27H46O8Si. The van der Waals surface area contributed by atoms with Crippen molar-refractivity contribution in [1.29, 1.82) is 0 Å². The predicted molar refractivity (Wildman–Crippen MR) is 142 cm³/mol. The average molecular weight is 527 g/mol. The summed E-state index contributed by atoms with van der Waals surface area (Å²) in [5.74, 6) is 0.609. The van der Waals surface area contributed by atoms with Gasteiger partial charge in [-0.25, -0.2) is 0 Å². The molecule has 0 saturated heterocycles. The molecule has 0 amide bonds. The van der Waals surface area contributed by atoms with Gasteiger partial charge in [-0.2, -0.15) is 0 Å². The van der Waals surface area contributed by atoms with Crippen molar-refractivity contribution >= 4 is 14.5 Å². The topological polar surface area (TPSA) is 81.7 Å². The molecule has 2 atom stereocenters. The monoisotopic (exact) mass is 526 g/mol. The molecule has 0 heterocycles. The highest BCUT2D eigenvalue weighted by Gasteiger charge is 2.24. The lowest BCUT2D eigenvalue weighted by molar-refractivity contribution is -0.176. The van der Waals surface area contributed by atoms with Gasteiger partial charge in [-0.3, -0.25) is 4.79 Å². The van der Waals surface area contributed by atoms with Gasteiger partial charge in [0, 0.05) is 13.0 Å². The first kappa shape index (κ1) is 32.1. The van der Waals surface area contributed by atoms with E-state index in [9.17, 15) is 4.79 Å². The van der Waals surface area contributed by atoms with Crippen LogP contribution in [0.25, 0.3) is 0 Å². The van der Waals surface area contributed by atoms with E-state index in [1.165, 1.54) is 11.8 Å². The van der Waals surface area contributed by atoms with E-state index in [2.05, 4.69) is 25.6 Å². The van der Waals surface area contributed by atoms with E-state index in [1.54, 1.807) is 6.92 Å². The maximum Gasteiger partial charge on any atom is 0.331 e. The summed E-state index contributed by atoms with van der Waals surface area (Å²) in [5.41, 5.74) is 3.40. The van der Waals surface area contributed by atoms with Crippen LogP contribution in [0.2, 0.25) is 13.1 Å². The van der Waals surface area contributed by atoms with Gasteiger partial charge in [-0.05, 0) is 76.7 Å². The minimum absolute atomic E-state index is 0.276. The number of esters is 1. The van der Waals surface area contributed by atoms with E-state index in [-0.39, 0.29) is 12.3 Å². The Bertz CT molecular complexity index is 783. The Balaban J connectivity index is 2.35. The highest BCUT2D eigenvalue weighted by Crippen LogP contribution is 2.28. The highest BCUT2D eigenvalue weighted by molar-refractivity contribution is 6.64. The van der Waals surface area contributed by atoms with Gasteiger partial charge in [0.25, 0.3) is 0 Å². The molecule has 1 aromatic carbocycles. The number of ether oxygens (including phenoxy) is 5. The van der Waals surface area contributed by atoms with Crippen molar-refractivity contribution in [2.24, 2.45) is 0 Å². The maximum atomic E-state index is 12.2. The molecule has 0 bridgehead atoms. The fourth-order valence-corrected chi connectivity index (χ4v) is 4.85. The van der Waals surface area contributed by atoms with Crippen LogP contribution < -0.4 is 4.74 Å². The number of carbonyl (C=O) groups excluding carboxylic acids is 1. The first-order valence-electron chi connectivity index (χ1n) is 12.8. The van der Waals surface area contributed by atoms with Crippen LogP contribution in [-0.2, 0) is 45.4 Å². The second kappa shape index (κ2) is 17.5. The Kier molecular flexibility index (Phi) is 15.6. The van der Waals surface area contributed by atoms with Gasteiger partial charge in [0.15, 0.2) is 12.6 Å². The predicted octanol–water partition coefficient (Wildman–Crippen LogP) is 5.44. The third-order valence-corrected chi connectivity index (χ3v) is 7.07. The number of aryl methyl sites for hydroxylation is 3. The second-order valence-corrected chi connectivity index (χ2v) is 12.2.